The molecule has 0 radical (unpaired) electrons. The zero-order chi connectivity index (χ0) is 19.7. The third-order valence-corrected chi connectivity index (χ3v) is 6.00. The van der Waals surface area contributed by atoms with Gasteiger partial charge >= 0.3 is 0 Å². The maximum absolute atomic E-state index is 12.5. The van der Waals surface area contributed by atoms with Crippen LogP contribution in [0.2, 0.25) is 0 Å². The van der Waals surface area contributed by atoms with E-state index in [0.29, 0.717) is 17.1 Å². The molecule has 1 heterocycles. The summed E-state index contributed by atoms with van der Waals surface area (Å²) in [6.45, 7) is 6.15. The van der Waals surface area contributed by atoms with E-state index in [-0.39, 0.29) is 23.6 Å². The summed E-state index contributed by atoms with van der Waals surface area (Å²) in [6, 6.07) is 10.6. The van der Waals surface area contributed by atoms with Crippen molar-refractivity contribution in [3.63, 3.8) is 0 Å². The van der Waals surface area contributed by atoms with E-state index in [1.165, 1.54) is 6.07 Å². The molecule has 1 N–H and O–H groups in total. The van der Waals surface area contributed by atoms with E-state index in [2.05, 4.69) is 4.72 Å². The minimum absolute atomic E-state index is 0.154. The summed E-state index contributed by atoms with van der Waals surface area (Å²) in [5.74, 6) is 2.00. The molecule has 0 unspecified atom stereocenters. The Bertz CT molecular complexity index is 937. The van der Waals surface area contributed by atoms with Crippen molar-refractivity contribution in [2.75, 3.05) is 20.3 Å². The molecule has 0 bridgehead atoms. The van der Waals surface area contributed by atoms with Crippen LogP contribution in [0.5, 0.6) is 17.2 Å². The van der Waals surface area contributed by atoms with Gasteiger partial charge in [0.1, 0.15) is 18.0 Å². The minimum atomic E-state index is -3.62. The van der Waals surface area contributed by atoms with Crippen molar-refractivity contribution >= 4 is 10.0 Å². The van der Waals surface area contributed by atoms with Gasteiger partial charge in [0.2, 0.25) is 10.0 Å². The average Bonchev–Trinajstić information content (AvgIpc) is 2.92. The van der Waals surface area contributed by atoms with Crippen LogP contribution in [-0.4, -0.2) is 34.3 Å². The van der Waals surface area contributed by atoms with Crippen LogP contribution in [0, 0.1) is 6.92 Å². The first-order valence-corrected chi connectivity index (χ1v) is 10.3. The fourth-order valence-electron chi connectivity index (χ4n) is 3.17. The number of fused-ring (bicyclic) bond motifs is 1. The number of para-hydroxylation sites is 1. The zero-order valence-electron chi connectivity index (χ0n) is 16.0. The molecule has 7 heteroatoms. The van der Waals surface area contributed by atoms with Crippen molar-refractivity contribution in [1.82, 2.24) is 4.72 Å². The first-order chi connectivity index (χ1) is 12.7. The van der Waals surface area contributed by atoms with Gasteiger partial charge in [-0.05, 0) is 50.6 Å². The molecule has 146 valence electrons. The van der Waals surface area contributed by atoms with Crippen LogP contribution in [0.3, 0.4) is 0 Å². The number of hydrogen-bond donors (Lipinski definition) is 1. The largest absolute Gasteiger partial charge is 0.497 e. The van der Waals surface area contributed by atoms with Crippen molar-refractivity contribution < 1.29 is 22.6 Å². The summed E-state index contributed by atoms with van der Waals surface area (Å²) in [4.78, 5) is 0.231. The number of hydrogen-bond acceptors (Lipinski definition) is 5. The Labute approximate surface area is 160 Å². The second-order valence-corrected chi connectivity index (χ2v) is 8.90. The molecule has 1 aliphatic rings. The van der Waals surface area contributed by atoms with Crippen LogP contribution < -0.4 is 18.9 Å². The van der Waals surface area contributed by atoms with Gasteiger partial charge in [0.05, 0.1) is 12.0 Å². The molecule has 0 saturated heterocycles. The van der Waals surface area contributed by atoms with Crippen LogP contribution in [0.15, 0.2) is 41.3 Å². The fraction of sp³-hybridized carbons (Fsp3) is 0.400. The number of aryl methyl sites for hydroxylation is 1. The second kappa shape index (κ2) is 7.40. The molecule has 0 fully saturated rings. The summed E-state index contributed by atoms with van der Waals surface area (Å²) < 4.78 is 44.4. The Hall–Kier alpha value is -2.25. The van der Waals surface area contributed by atoms with Gasteiger partial charge in [-0.25, -0.2) is 13.1 Å². The number of sulfonamides is 1. The van der Waals surface area contributed by atoms with Crippen LogP contribution >= 0.6 is 0 Å². The van der Waals surface area contributed by atoms with Gasteiger partial charge in [0.25, 0.3) is 0 Å². The van der Waals surface area contributed by atoms with Crippen LogP contribution in [0.4, 0.5) is 0 Å². The van der Waals surface area contributed by atoms with Crippen LogP contribution in [0.25, 0.3) is 0 Å². The van der Waals surface area contributed by atoms with Gasteiger partial charge in [0.15, 0.2) is 11.5 Å². The lowest BCUT2D eigenvalue weighted by Crippen LogP contribution is -2.29. The zero-order valence-corrected chi connectivity index (χ0v) is 16.9. The van der Waals surface area contributed by atoms with Gasteiger partial charge in [-0.3, -0.25) is 0 Å². The first kappa shape index (κ1) is 19.5. The Morgan fingerprint density at radius 2 is 2.00 bits per heavy atom. The van der Waals surface area contributed by atoms with Crippen molar-refractivity contribution in [3.05, 3.63) is 47.5 Å². The number of nitrogens with one attached hydrogen (secondary N) is 1. The van der Waals surface area contributed by atoms with Gasteiger partial charge < -0.3 is 14.2 Å². The lowest BCUT2D eigenvalue weighted by Gasteiger charge is -2.18. The Balaban J connectivity index is 1.61. The number of benzene rings is 2. The van der Waals surface area contributed by atoms with E-state index < -0.39 is 10.0 Å². The number of methoxy groups -OCH3 is 1. The highest BCUT2D eigenvalue weighted by atomic mass is 32.2. The molecule has 6 nitrogen and oxygen atoms in total. The molecule has 1 aliphatic heterocycles. The summed E-state index contributed by atoms with van der Waals surface area (Å²) in [6.07, 6.45) is 0.822. The highest BCUT2D eigenvalue weighted by Gasteiger charge is 2.32. The average molecular weight is 391 g/mol. The smallest absolute Gasteiger partial charge is 0.240 e. The molecule has 0 aromatic heterocycles. The van der Waals surface area contributed by atoms with Crippen molar-refractivity contribution in [2.24, 2.45) is 0 Å². The lowest BCUT2D eigenvalue weighted by atomic mass is 10.0. The van der Waals surface area contributed by atoms with Gasteiger partial charge in [-0.2, -0.15) is 0 Å². The Morgan fingerprint density at radius 1 is 1.22 bits per heavy atom. The minimum Gasteiger partial charge on any atom is -0.497 e. The molecule has 0 amide bonds. The summed E-state index contributed by atoms with van der Waals surface area (Å²) >= 11 is 0. The van der Waals surface area contributed by atoms with Gasteiger partial charge in [-0.15, -0.1) is 0 Å². The Morgan fingerprint density at radius 3 is 2.70 bits per heavy atom. The molecule has 27 heavy (non-hydrogen) atoms. The molecule has 2 aromatic rings. The van der Waals surface area contributed by atoms with E-state index in [9.17, 15) is 8.42 Å². The number of ether oxygens (including phenoxy) is 3. The predicted octanol–water partition coefficient (Wildman–Crippen LogP) is 3.07. The SMILES string of the molecule is COc1ccc(S(=O)(=O)NCCOc2cccc3c2OC(C)(C)C3)c(C)c1. The van der Waals surface area contributed by atoms with Crippen molar-refractivity contribution in [1.29, 1.82) is 0 Å². The molecule has 3 rings (SSSR count). The fourth-order valence-corrected chi connectivity index (χ4v) is 4.40. The van der Waals surface area contributed by atoms with Gasteiger partial charge in [0, 0.05) is 18.5 Å². The maximum atomic E-state index is 12.5. The normalized spacial score (nSPS) is 15.1. The standard InChI is InChI=1S/C20H25NO5S/c1-14-12-16(24-4)8-9-18(14)27(22,23)21-10-11-25-17-7-5-6-15-13-20(2,3)26-19(15)17/h5-9,12,21H,10-11,13H2,1-4H3. The topological polar surface area (TPSA) is 73.9 Å². The molecule has 0 saturated carbocycles. The quantitative estimate of drug-likeness (QED) is 0.735. The summed E-state index contributed by atoms with van der Waals surface area (Å²) in [5, 5.41) is 0. The highest BCUT2D eigenvalue weighted by molar-refractivity contribution is 7.89. The van der Waals surface area contributed by atoms with E-state index in [1.54, 1.807) is 26.2 Å². The molecular weight excluding hydrogens is 366 g/mol. The van der Waals surface area contributed by atoms with E-state index in [4.69, 9.17) is 14.2 Å². The monoisotopic (exact) mass is 391 g/mol. The molecule has 2 aromatic carbocycles. The lowest BCUT2D eigenvalue weighted by molar-refractivity contribution is 0.132. The second-order valence-electron chi connectivity index (χ2n) is 7.16. The van der Waals surface area contributed by atoms with Gasteiger partial charge in [-0.1, -0.05) is 12.1 Å². The summed E-state index contributed by atoms with van der Waals surface area (Å²) in [5.41, 5.74) is 1.47. The molecule has 0 aliphatic carbocycles. The first-order valence-electron chi connectivity index (χ1n) is 8.80. The van der Waals surface area contributed by atoms with E-state index in [0.717, 1.165) is 17.7 Å². The third-order valence-electron chi connectivity index (χ3n) is 4.38. The van der Waals surface area contributed by atoms with E-state index in [1.807, 2.05) is 32.0 Å². The molecule has 0 spiro atoms. The molecular formula is C20H25NO5S. The highest BCUT2D eigenvalue weighted by Crippen LogP contribution is 2.41. The van der Waals surface area contributed by atoms with Crippen LogP contribution in [-0.2, 0) is 16.4 Å². The van der Waals surface area contributed by atoms with Crippen LogP contribution in [0.1, 0.15) is 25.0 Å². The predicted molar refractivity (Wildman–Crippen MR) is 103 cm³/mol. The Kier molecular flexibility index (Phi) is 5.35. The number of rotatable bonds is 7. The maximum Gasteiger partial charge on any atom is 0.240 e. The molecule has 0 atom stereocenters. The third kappa shape index (κ3) is 4.36. The summed E-state index contributed by atoms with van der Waals surface area (Å²) in [7, 11) is -2.07. The van der Waals surface area contributed by atoms with Crippen molar-refractivity contribution in [2.45, 2.75) is 37.7 Å². The van der Waals surface area contributed by atoms with E-state index >= 15 is 0 Å². The van der Waals surface area contributed by atoms with Crippen molar-refractivity contribution in [3.8, 4) is 17.2 Å².